The zero-order valence-corrected chi connectivity index (χ0v) is 16.1. The van der Waals surface area contributed by atoms with Crippen molar-refractivity contribution in [3.05, 3.63) is 41.2 Å². The third-order valence-corrected chi connectivity index (χ3v) is 6.25. The van der Waals surface area contributed by atoms with Crippen molar-refractivity contribution in [1.29, 1.82) is 0 Å². The molecule has 0 bridgehead atoms. The van der Waals surface area contributed by atoms with Gasteiger partial charge >= 0.3 is 6.18 Å². The number of aromatic nitrogens is 3. The largest absolute Gasteiger partial charge is 0.433 e. The fourth-order valence-corrected chi connectivity index (χ4v) is 5.09. The molecule has 1 spiro atoms. The number of H-pyrrole nitrogens is 1. The van der Waals surface area contributed by atoms with Crippen LogP contribution in [0.1, 0.15) is 29.8 Å². The third-order valence-electron chi connectivity index (χ3n) is 5.11. The monoisotopic (exact) mass is 397 g/mol. The average molecular weight is 397 g/mol. The zero-order valence-electron chi connectivity index (χ0n) is 15.3. The molecule has 0 unspecified atom stereocenters. The Morgan fingerprint density at radius 2 is 1.96 bits per heavy atom. The molecular weight excluding hydrogens is 375 g/mol. The number of aryl methyl sites for hydroxylation is 2. The molecule has 2 aromatic rings. The molecule has 0 atom stereocenters. The Labute approximate surface area is 160 Å². The molecule has 5 nitrogen and oxygen atoms in total. The van der Waals surface area contributed by atoms with Gasteiger partial charge in [0.15, 0.2) is 0 Å². The van der Waals surface area contributed by atoms with Crippen molar-refractivity contribution in [2.45, 2.75) is 37.9 Å². The predicted molar refractivity (Wildman–Crippen MR) is 97.1 cm³/mol. The van der Waals surface area contributed by atoms with Crippen molar-refractivity contribution in [2.75, 3.05) is 26.2 Å². The standard InChI is InChI=1S/C18H22F3N5S/c1-3-16-22-6-13(24-16)7-25-8-17(9-25)10-26(11-17)27-14-4-5-15(18(19,20)21)23-12(14)2/h4-6H,3,7-11H2,1-2H3,(H,22,24). The number of halogens is 3. The van der Waals surface area contributed by atoms with E-state index in [2.05, 4.69) is 31.1 Å². The van der Waals surface area contributed by atoms with Crippen LogP contribution in [0.2, 0.25) is 0 Å². The number of hydrogen-bond acceptors (Lipinski definition) is 5. The lowest BCUT2D eigenvalue weighted by molar-refractivity contribution is -0.141. The normalized spacial score (nSPS) is 19.9. The first kappa shape index (κ1) is 18.8. The van der Waals surface area contributed by atoms with Crippen molar-refractivity contribution in [2.24, 2.45) is 5.41 Å². The first-order chi connectivity index (χ1) is 12.8. The van der Waals surface area contributed by atoms with Crippen LogP contribution in [0, 0.1) is 12.3 Å². The number of aromatic amines is 1. The Morgan fingerprint density at radius 3 is 2.56 bits per heavy atom. The number of likely N-dealkylation sites (tertiary alicyclic amines) is 1. The lowest BCUT2D eigenvalue weighted by Gasteiger charge is -2.59. The fraction of sp³-hybridized carbons (Fsp3) is 0.556. The van der Waals surface area contributed by atoms with Gasteiger partial charge in [0, 0.05) is 61.3 Å². The second kappa shape index (κ2) is 6.79. The smallest absolute Gasteiger partial charge is 0.345 e. The van der Waals surface area contributed by atoms with E-state index in [0.717, 1.165) is 61.6 Å². The van der Waals surface area contributed by atoms with Crippen LogP contribution in [-0.4, -0.2) is 50.3 Å². The van der Waals surface area contributed by atoms with Gasteiger partial charge < -0.3 is 4.98 Å². The van der Waals surface area contributed by atoms with E-state index in [4.69, 9.17) is 0 Å². The van der Waals surface area contributed by atoms with Crippen LogP contribution in [0.3, 0.4) is 0 Å². The average Bonchev–Trinajstić information content (AvgIpc) is 2.99. The van der Waals surface area contributed by atoms with Gasteiger partial charge in [0.1, 0.15) is 11.5 Å². The number of imidazole rings is 1. The van der Waals surface area contributed by atoms with E-state index < -0.39 is 11.9 Å². The molecule has 0 saturated carbocycles. The fourth-order valence-electron chi connectivity index (χ4n) is 3.83. The van der Waals surface area contributed by atoms with Gasteiger partial charge in [0.2, 0.25) is 0 Å². The highest BCUT2D eigenvalue weighted by Crippen LogP contribution is 2.45. The minimum atomic E-state index is -4.39. The van der Waals surface area contributed by atoms with Gasteiger partial charge in [0.05, 0.1) is 5.69 Å². The summed E-state index contributed by atoms with van der Waals surface area (Å²) in [6.07, 6.45) is -1.57. The van der Waals surface area contributed by atoms with Crippen LogP contribution in [0.25, 0.3) is 0 Å². The minimum absolute atomic E-state index is 0.327. The molecule has 1 N–H and O–H groups in total. The Hall–Kier alpha value is -1.58. The quantitative estimate of drug-likeness (QED) is 0.783. The third kappa shape index (κ3) is 3.86. The Kier molecular flexibility index (Phi) is 4.72. The predicted octanol–water partition coefficient (Wildman–Crippen LogP) is 3.52. The summed E-state index contributed by atoms with van der Waals surface area (Å²) >= 11 is 1.51. The van der Waals surface area contributed by atoms with Gasteiger partial charge in [-0.05, 0) is 31.0 Å². The molecule has 0 radical (unpaired) electrons. The van der Waals surface area contributed by atoms with Crippen LogP contribution in [-0.2, 0) is 19.1 Å². The summed E-state index contributed by atoms with van der Waals surface area (Å²) in [6.45, 7) is 8.62. The number of nitrogens with zero attached hydrogens (tertiary/aromatic N) is 4. The van der Waals surface area contributed by atoms with Crippen LogP contribution in [0.4, 0.5) is 13.2 Å². The van der Waals surface area contributed by atoms with Crippen molar-refractivity contribution < 1.29 is 13.2 Å². The highest BCUT2D eigenvalue weighted by molar-refractivity contribution is 7.97. The van der Waals surface area contributed by atoms with Crippen molar-refractivity contribution in [3.8, 4) is 0 Å². The molecule has 2 aromatic heterocycles. The lowest BCUT2D eigenvalue weighted by atomic mass is 9.74. The second-order valence-corrected chi connectivity index (χ2v) is 8.66. The number of alkyl halides is 3. The van der Waals surface area contributed by atoms with Gasteiger partial charge in [-0.3, -0.25) is 4.90 Å². The summed E-state index contributed by atoms with van der Waals surface area (Å²) in [6, 6.07) is 2.59. The van der Waals surface area contributed by atoms with E-state index in [9.17, 15) is 13.2 Å². The van der Waals surface area contributed by atoms with E-state index in [1.54, 1.807) is 6.92 Å². The maximum atomic E-state index is 12.7. The lowest BCUT2D eigenvalue weighted by Crippen LogP contribution is -2.70. The van der Waals surface area contributed by atoms with Gasteiger partial charge in [-0.2, -0.15) is 13.2 Å². The van der Waals surface area contributed by atoms with E-state index in [1.807, 2.05) is 6.20 Å². The molecule has 2 saturated heterocycles. The van der Waals surface area contributed by atoms with Crippen LogP contribution >= 0.6 is 11.9 Å². The number of rotatable bonds is 5. The summed E-state index contributed by atoms with van der Waals surface area (Å²) in [4.78, 5) is 14.6. The van der Waals surface area contributed by atoms with Crippen molar-refractivity contribution in [1.82, 2.24) is 24.2 Å². The molecular formula is C18H22F3N5S. The van der Waals surface area contributed by atoms with Crippen molar-refractivity contribution >= 4 is 11.9 Å². The zero-order chi connectivity index (χ0) is 19.2. The first-order valence-electron chi connectivity index (χ1n) is 8.99. The molecule has 9 heteroatoms. The topological polar surface area (TPSA) is 48.1 Å². The Balaban J connectivity index is 1.26. The molecule has 0 aliphatic carbocycles. The molecule has 27 heavy (non-hydrogen) atoms. The Bertz CT molecular complexity index is 821. The van der Waals surface area contributed by atoms with Gasteiger partial charge in [-0.25, -0.2) is 14.3 Å². The first-order valence-corrected chi connectivity index (χ1v) is 9.76. The molecule has 2 aliphatic heterocycles. The number of hydrogen-bond donors (Lipinski definition) is 1. The molecule has 146 valence electrons. The molecule has 4 rings (SSSR count). The second-order valence-electron chi connectivity index (χ2n) is 7.52. The maximum absolute atomic E-state index is 12.7. The summed E-state index contributed by atoms with van der Waals surface area (Å²) < 4.78 is 40.4. The summed E-state index contributed by atoms with van der Waals surface area (Å²) in [5.41, 5.74) is 1.08. The highest BCUT2D eigenvalue weighted by Gasteiger charge is 2.51. The van der Waals surface area contributed by atoms with Gasteiger partial charge in [-0.1, -0.05) is 6.92 Å². The summed E-state index contributed by atoms with van der Waals surface area (Å²) in [7, 11) is 0. The van der Waals surface area contributed by atoms with E-state index in [0.29, 0.717) is 11.1 Å². The SMILES string of the molecule is CCc1ncc(CN2CC3(C2)CN(Sc2ccc(C(F)(F)F)nc2C)C3)[nH]1. The number of pyridine rings is 1. The van der Waals surface area contributed by atoms with Crippen molar-refractivity contribution in [3.63, 3.8) is 0 Å². The van der Waals surface area contributed by atoms with E-state index in [-0.39, 0.29) is 0 Å². The molecule has 2 fully saturated rings. The van der Waals surface area contributed by atoms with Crippen LogP contribution in [0.15, 0.2) is 23.2 Å². The summed E-state index contributed by atoms with van der Waals surface area (Å²) in [5, 5.41) is 0. The van der Waals surface area contributed by atoms with Gasteiger partial charge in [-0.15, -0.1) is 0 Å². The van der Waals surface area contributed by atoms with E-state index >= 15 is 0 Å². The highest BCUT2D eigenvalue weighted by atomic mass is 32.2. The molecule has 0 aromatic carbocycles. The number of nitrogens with one attached hydrogen (secondary N) is 1. The molecule has 0 amide bonds. The van der Waals surface area contributed by atoms with Crippen LogP contribution < -0.4 is 0 Å². The minimum Gasteiger partial charge on any atom is -0.345 e. The maximum Gasteiger partial charge on any atom is 0.433 e. The van der Waals surface area contributed by atoms with Gasteiger partial charge in [0.25, 0.3) is 0 Å². The van der Waals surface area contributed by atoms with E-state index in [1.165, 1.54) is 18.0 Å². The summed E-state index contributed by atoms with van der Waals surface area (Å²) in [5.74, 6) is 1.02. The Morgan fingerprint density at radius 1 is 1.22 bits per heavy atom. The molecule has 4 heterocycles. The van der Waals surface area contributed by atoms with Crippen LogP contribution in [0.5, 0.6) is 0 Å². The molecule has 2 aliphatic rings.